The highest BCUT2D eigenvalue weighted by molar-refractivity contribution is 8.00. The standard InChI is InChI=1S/C15H16O2S/c1-3-17-15(16)11(2)18-14-9-8-12-6-4-5-7-13(12)10-14/h4-11H,3H2,1-2H3. The fraction of sp³-hybridized carbons (Fsp3) is 0.267. The number of fused-ring (bicyclic) bond motifs is 1. The van der Waals surface area contributed by atoms with Crippen LogP contribution in [-0.2, 0) is 9.53 Å². The van der Waals surface area contributed by atoms with Gasteiger partial charge in [0.2, 0.25) is 0 Å². The number of esters is 1. The van der Waals surface area contributed by atoms with Crippen molar-refractivity contribution in [3.05, 3.63) is 42.5 Å². The second kappa shape index (κ2) is 5.91. The Balaban J connectivity index is 2.14. The fourth-order valence-electron chi connectivity index (χ4n) is 1.75. The van der Waals surface area contributed by atoms with Gasteiger partial charge in [0.15, 0.2) is 0 Å². The van der Waals surface area contributed by atoms with Gasteiger partial charge < -0.3 is 4.74 Å². The van der Waals surface area contributed by atoms with Crippen LogP contribution in [0.2, 0.25) is 0 Å². The van der Waals surface area contributed by atoms with Crippen LogP contribution in [0.25, 0.3) is 10.8 Å². The number of ether oxygens (including phenoxy) is 1. The number of thioether (sulfide) groups is 1. The smallest absolute Gasteiger partial charge is 0.319 e. The minimum Gasteiger partial charge on any atom is -0.465 e. The molecular weight excluding hydrogens is 244 g/mol. The van der Waals surface area contributed by atoms with Gasteiger partial charge in [-0.1, -0.05) is 30.3 Å². The van der Waals surface area contributed by atoms with E-state index in [9.17, 15) is 4.79 Å². The number of hydrogen-bond acceptors (Lipinski definition) is 3. The van der Waals surface area contributed by atoms with Gasteiger partial charge in [0.25, 0.3) is 0 Å². The molecule has 0 saturated heterocycles. The predicted octanol–water partition coefficient (Wildman–Crippen LogP) is 3.88. The van der Waals surface area contributed by atoms with Crippen LogP contribution in [0, 0.1) is 0 Å². The van der Waals surface area contributed by atoms with Gasteiger partial charge in [-0.2, -0.15) is 0 Å². The van der Waals surface area contributed by atoms with E-state index in [1.807, 2.05) is 32.0 Å². The van der Waals surface area contributed by atoms with E-state index in [-0.39, 0.29) is 11.2 Å². The van der Waals surface area contributed by atoms with Crippen LogP contribution in [0.5, 0.6) is 0 Å². The Morgan fingerprint density at radius 1 is 1.22 bits per heavy atom. The molecule has 1 atom stereocenters. The number of carbonyl (C=O) groups is 1. The van der Waals surface area contributed by atoms with Crippen molar-refractivity contribution in [1.29, 1.82) is 0 Å². The summed E-state index contributed by atoms with van der Waals surface area (Å²) in [5, 5.41) is 2.23. The molecule has 0 aliphatic rings. The Morgan fingerprint density at radius 3 is 2.67 bits per heavy atom. The van der Waals surface area contributed by atoms with E-state index in [0.29, 0.717) is 6.61 Å². The van der Waals surface area contributed by atoms with Crippen molar-refractivity contribution in [3.63, 3.8) is 0 Å². The lowest BCUT2D eigenvalue weighted by Crippen LogP contribution is -2.16. The summed E-state index contributed by atoms with van der Waals surface area (Å²) in [6.45, 7) is 4.13. The van der Waals surface area contributed by atoms with Gasteiger partial charge in [-0.25, -0.2) is 0 Å². The Bertz CT molecular complexity index is 551. The number of hydrogen-bond donors (Lipinski definition) is 0. The van der Waals surface area contributed by atoms with Gasteiger partial charge in [-0.3, -0.25) is 4.79 Å². The number of benzene rings is 2. The normalized spacial score (nSPS) is 12.3. The zero-order valence-electron chi connectivity index (χ0n) is 10.6. The maximum absolute atomic E-state index is 11.6. The van der Waals surface area contributed by atoms with Crippen LogP contribution in [-0.4, -0.2) is 17.8 Å². The van der Waals surface area contributed by atoms with Gasteiger partial charge in [0.05, 0.1) is 6.61 Å². The average molecular weight is 260 g/mol. The summed E-state index contributed by atoms with van der Waals surface area (Å²) in [6, 6.07) is 14.4. The molecule has 0 bridgehead atoms. The molecule has 0 radical (unpaired) electrons. The van der Waals surface area contributed by atoms with Crippen molar-refractivity contribution in [1.82, 2.24) is 0 Å². The molecule has 3 heteroatoms. The van der Waals surface area contributed by atoms with Crippen molar-refractivity contribution in [3.8, 4) is 0 Å². The lowest BCUT2D eigenvalue weighted by molar-refractivity contribution is -0.142. The molecular formula is C15H16O2S. The van der Waals surface area contributed by atoms with Crippen LogP contribution in [0.1, 0.15) is 13.8 Å². The predicted molar refractivity (Wildman–Crippen MR) is 75.9 cm³/mol. The lowest BCUT2D eigenvalue weighted by atomic mass is 10.1. The van der Waals surface area contributed by atoms with Crippen molar-refractivity contribution in [2.24, 2.45) is 0 Å². The van der Waals surface area contributed by atoms with Crippen LogP contribution in [0.15, 0.2) is 47.4 Å². The SMILES string of the molecule is CCOC(=O)C(C)Sc1ccc2ccccc2c1. The number of carbonyl (C=O) groups excluding carboxylic acids is 1. The molecule has 2 nitrogen and oxygen atoms in total. The summed E-state index contributed by atoms with van der Waals surface area (Å²) >= 11 is 1.53. The van der Waals surface area contributed by atoms with Crippen LogP contribution in [0.4, 0.5) is 0 Å². The van der Waals surface area contributed by atoms with Crippen LogP contribution >= 0.6 is 11.8 Å². The zero-order valence-corrected chi connectivity index (χ0v) is 11.4. The molecule has 0 aliphatic carbocycles. The van der Waals surface area contributed by atoms with E-state index in [4.69, 9.17) is 4.74 Å². The molecule has 2 aromatic carbocycles. The van der Waals surface area contributed by atoms with Crippen molar-refractivity contribution >= 4 is 28.5 Å². The summed E-state index contributed by atoms with van der Waals surface area (Å²) < 4.78 is 5.00. The molecule has 94 valence electrons. The zero-order chi connectivity index (χ0) is 13.0. The second-order valence-corrected chi connectivity index (χ2v) is 5.44. The molecule has 0 N–H and O–H groups in total. The highest BCUT2D eigenvalue weighted by atomic mass is 32.2. The fourth-order valence-corrected chi connectivity index (χ4v) is 2.67. The third-order valence-electron chi connectivity index (χ3n) is 2.65. The lowest BCUT2D eigenvalue weighted by Gasteiger charge is -2.10. The van der Waals surface area contributed by atoms with E-state index in [0.717, 1.165) is 4.90 Å². The van der Waals surface area contributed by atoms with E-state index in [2.05, 4.69) is 24.3 Å². The minimum atomic E-state index is -0.175. The monoisotopic (exact) mass is 260 g/mol. The molecule has 0 aromatic heterocycles. The van der Waals surface area contributed by atoms with Gasteiger partial charge in [0, 0.05) is 4.90 Å². The number of rotatable bonds is 4. The first kappa shape index (κ1) is 13.0. The molecule has 0 heterocycles. The molecule has 0 amide bonds. The van der Waals surface area contributed by atoms with E-state index in [1.54, 1.807) is 0 Å². The van der Waals surface area contributed by atoms with Crippen LogP contribution in [0.3, 0.4) is 0 Å². The first-order valence-electron chi connectivity index (χ1n) is 6.03. The topological polar surface area (TPSA) is 26.3 Å². The first-order chi connectivity index (χ1) is 8.70. The van der Waals surface area contributed by atoms with Crippen molar-refractivity contribution in [2.75, 3.05) is 6.61 Å². The third kappa shape index (κ3) is 3.05. The Morgan fingerprint density at radius 2 is 1.94 bits per heavy atom. The quantitative estimate of drug-likeness (QED) is 0.616. The van der Waals surface area contributed by atoms with E-state index >= 15 is 0 Å². The molecule has 18 heavy (non-hydrogen) atoms. The Kier molecular flexibility index (Phi) is 4.26. The molecule has 2 aromatic rings. The highest BCUT2D eigenvalue weighted by Crippen LogP contribution is 2.27. The molecule has 1 unspecified atom stereocenters. The van der Waals surface area contributed by atoms with Crippen molar-refractivity contribution in [2.45, 2.75) is 24.0 Å². The third-order valence-corrected chi connectivity index (χ3v) is 3.72. The largest absolute Gasteiger partial charge is 0.465 e. The van der Waals surface area contributed by atoms with Gasteiger partial charge in [-0.05, 0) is 36.8 Å². The summed E-state index contributed by atoms with van der Waals surface area (Å²) in [5.74, 6) is -0.157. The molecule has 0 spiro atoms. The van der Waals surface area contributed by atoms with E-state index in [1.165, 1.54) is 22.5 Å². The van der Waals surface area contributed by atoms with E-state index < -0.39 is 0 Å². The summed E-state index contributed by atoms with van der Waals surface area (Å²) in [6.07, 6.45) is 0. The highest BCUT2D eigenvalue weighted by Gasteiger charge is 2.15. The second-order valence-electron chi connectivity index (χ2n) is 4.02. The average Bonchev–Trinajstić information content (AvgIpc) is 2.39. The van der Waals surface area contributed by atoms with Gasteiger partial charge >= 0.3 is 5.97 Å². The molecule has 0 saturated carbocycles. The Hall–Kier alpha value is -1.48. The maximum atomic E-state index is 11.6. The van der Waals surface area contributed by atoms with Gasteiger partial charge in [0.1, 0.15) is 5.25 Å². The Labute approximate surface area is 111 Å². The summed E-state index contributed by atoms with van der Waals surface area (Å²) in [4.78, 5) is 12.7. The summed E-state index contributed by atoms with van der Waals surface area (Å²) in [7, 11) is 0. The summed E-state index contributed by atoms with van der Waals surface area (Å²) in [5.41, 5.74) is 0. The molecule has 2 rings (SSSR count). The molecule has 0 aliphatic heterocycles. The molecule has 0 fully saturated rings. The maximum Gasteiger partial charge on any atom is 0.319 e. The van der Waals surface area contributed by atoms with Crippen molar-refractivity contribution < 1.29 is 9.53 Å². The van der Waals surface area contributed by atoms with Crippen LogP contribution < -0.4 is 0 Å². The first-order valence-corrected chi connectivity index (χ1v) is 6.90. The minimum absolute atomic E-state index is 0.157. The van der Waals surface area contributed by atoms with Gasteiger partial charge in [-0.15, -0.1) is 11.8 Å².